The van der Waals surface area contributed by atoms with Crippen molar-refractivity contribution < 1.29 is 9.18 Å². The fraction of sp³-hybridized carbons (Fsp3) is 0.0952. The zero-order valence-electron chi connectivity index (χ0n) is 15.1. The fourth-order valence-electron chi connectivity index (χ4n) is 3.20. The molecule has 6 nitrogen and oxygen atoms in total. The van der Waals surface area contributed by atoms with Gasteiger partial charge in [-0.25, -0.2) is 0 Å². The van der Waals surface area contributed by atoms with Crippen molar-refractivity contribution in [3.8, 4) is 11.1 Å². The van der Waals surface area contributed by atoms with Crippen LogP contribution in [-0.2, 0) is 6.54 Å². The van der Waals surface area contributed by atoms with E-state index in [9.17, 15) is 14.0 Å². The maximum atomic E-state index is 13.7. The lowest BCUT2D eigenvalue weighted by Crippen LogP contribution is -2.21. The molecule has 0 atom stereocenters. The van der Waals surface area contributed by atoms with Gasteiger partial charge >= 0.3 is 0 Å². The molecule has 0 saturated heterocycles. The molecule has 4 aromatic rings. The van der Waals surface area contributed by atoms with E-state index < -0.39 is 5.95 Å². The lowest BCUT2D eigenvalue weighted by Gasteiger charge is -2.09. The Morgan fingerprint density at radius 1 is 1.21 bits per heavy atom. The first-order chi connectivity index (χ1) is 13.6. The van der Waals surface area contributed by atoms with Gasteiger partial charge in [0.2, 0.25) is 5.95 Å². The number of hydrogen-bond acceptors (Lipinski definition) is 3. The molecule has 0 bridgehead atoms. The summed E-state index contributed by atoms with van der Waals surface area (Å²) in [6, 6.07) is 14.1. The number of nitrogens with zero attached hydrogens (tertiary/aromatic N) is 2. The minimum absolute atomic E-state index is 0.151. The predicted octanol–water partition coefficient (Wildman–Crippen LogP) is 2.94. The van der Waals surface area contributed by atoms with Gasteiger partial charge in [-0.05, 0) is 46.8 Å². The summed E-state index contributed by atoms with van der Waals surface area (Å²) in [5.74, 6) is -0.685. The third-order valence-electron chi connectivity index (χ3n) is 4.65. The quantitative estimate of drug-likeness (QED) is 0.575. The Balaban J connectivity index is 1.70. The number of rotatable bonds is 4. The van der Waals surface area contributed by atoms with Gasteiger partial charge in [0.15, 0.2) is 0 Å². The first kappa shape index (κ1) is 17.7. The predicted molar refractivity (Wildman–Crippen MR) is 105 cm³/mol. The Labute approximate surface area is 159 Å². The van der Waals surface area contributed by atoms with E-state index in [0.29, 0.717) is 28.6 Å². The van der Waals surface area contributed by atoms with Gasteiger partial charge in [-0.2, -0.15) is 9.49 Å². The minimum atomic E-state index is -0.510. The topological polar surface area (TPSA) is 79.8 Å². The van der Waals surface area contributed by atoms with Crippen molar-refractivity contribution in [3.05, 3.63) is 88.4 Å². The number of pyridine rings is 1. The number of hydrogen-bond donors (Lipinski definition) is 2. The molecule has 2 aromatic carbocycles. The molecule has 0 aliphatic heterocycles. The summed E-state index contributed by atoms with van der Waals surface area (Å²) in [7, 11) is 1.58. The number of carbonyl (C=O) groups is 1. The normalized spacial score (nSPS) is 10.9. The van der Waals surface area contributed by atoms with Crippen LogP contribution in [0, 0.1) is 5.95 Å². The van der Waals surface area contributed by atoms with Crippen molar-refractivity contribution in [2.45, 2.75) is 6.54 Å². The number of amides is 1. The number of H-pyrrole nitrogens is 1. The highest BCUT2D eigenvalue weighted by atomic mass is 19.1. The van der Waals surface area contributed by atoms with Crippen molar-refractivity contribution in [2.24, 2.45) is 0 Å². The van der Waals surface area contributed by atoms with E-state index in [0.717, 1.165) is 10.9 Å². The third kappa shape index (κ3) is 3.18. The molecule has 2 N–H and O–H groups in total. The molecule has 28 heavy (non-hydrogen) atoms. The van der Waals surface area contributed by atoms with Gasteiger partial charge in [-0.1, -0.05) is 18.2 Å². The first-order valence-corrected chi connectivity index (χ1v) is 8.70. The van der Waals surface area contributed by atoms with Crippen LogP contribution in [0.3, 0.4) is 0 Å². The molecule has 1 amide bonds. The smallest absolute Gasteiger partial charge is 0.258 e. The van der Waals surface area contributed by atoms with Crippen LogP contribution < -0.4 is 10.9 Å². The molecule has 0 aliphatic carbocycles. The fourth-order valence-corrected chi connectivity index (χ4v) is 3.20. The van der Waals surface area contributed by atoms with Crippen LogP contribution in [0.4, 0.5) is 4.39 Å². The standard InChI is InChI=1S/C21H17FN4O2/c1-23-20(27)16-4-2-3-13(9-16)12-26-8-7-15-10-14(5-6-17(15)21(26)28)18-11-24-25-19(18)22/h2-11H,12H2,1H3,(H,23,27)(H,24,25). The van der Waals surface area contributed by atoms with Crippen molar-refractivity contribution in [1.82, 2.24) is 20.1 Å². The largest absolute Gasteiger partial charge is 0.355 e. The molecule has 2 heterocycles. The molecule has 4 rings (SSSR count). The van der Waals surface area contributed by atoms with Crippen LogP contribution in [0.2, 0.25) is 0 Å². The second kappa shape index (κ2) is 7.11. The van der Waals surface area contributed by atoms with Crippen LogP contribution in [0.15, 0.2) is 65.7 Å². The van der Waals surface area contributed by atoms with Crippen LogP contribution >= 0.6 is 0 Å². The van der Waals surface area contributed by atoms with Crippen molar-refractivity contribution in [1.29, 1.82) is 0 Å². The summed E-state index contributed by atoms with van der Waals surface area (Å²) in [6.07, 6.45) is 3.11. The Morgan fingerprint density at radius 2 is 2.07 bits per heavy atom. The second-order valence-corrected chi connectivity index (χ2v) is 6.43. The highest BCUT2D eigenvalue weighted by molar-refractivity contribution is 5.94. The summed E-state index contributed by atoms with van der Waals surface area (Å²) in [5.41, 5.74) is 2.24. The highest BCUT2D eigenvalue weighted by Gasteiger charge is 2.10. The molecule has 7 heteroatoms. The van der Waals surface area contributed by atoms with Crippen molar-refractivity contribution >= 4 is 16.7 Å². The number of carbonyl (C=O) groups excluding carboxylic acids is 1. The van der Waals surface area contributed by atoms with Gasteiger partial charge in [0.1, 0.15) is 0 Å². The van der Waals surface area contributed by atoms with Crippen LogP contribution in [0.25, 0.3) is 21.9 Å². The lowest BCUT2D eigenvalue weighted by atomic mass is 10.0. The van der Waals surface area contributed by atoms with E-state index in [2.05, 4.69) is 15.5 Å². The summed E-state index contributed by atoms with van der Waals surface area (Å²) in [6.45, 7) is 0.345. The highest BCUT2D eigenvalue weighted by Crippen LogP contribution is 2.24. The van der Waals surface area contributed by atoms with Gasteiger partial charge in [-0.15, -0.1) is 0 Å². The number of fused-ring (bicyclic) bond motifs is 1. The molecule has 0 radical (unpaired) electrons. The summed E-state index contributed by atoms with van der Waals surface area (Å²) in [5, 5.41) is 9.80. The number of nitrogens with one attached hydrogen (secondary N) is 2. The van der Waals surface area contributed by atoms with Gasteiger partial charge in [-0.3, -0.25) is 14.7 Å². The molecule has 2 aromatic heterocycles. The zero-order valence-corrected chi connectivity index (χ0v) is 15.1. The molecule has 0 spiro atoms. The zero-order chi connectivity index (χ0) is 19.7. The lowest BCUT2D eigenvalue weighted by molar-refractivity contribution is 0.0963. The Hall–Kier alpha value is -3.74. The van der Waals surface area contributed by atoms with Gasteiger partial charge < -0.3 is 9.88 Å². The summed E-state index contributed by atoms with van der Waals surface area (Å²) < 4.78 is 15.3. The molecular weight excluding hydrogens is 359 g/mol. The Kier molecular flexibility index (Phi) is 4.49. The van der Waals surface area contributed by atoms with Gasteiger partial charge in [0.25, 0.3) is 11.5 Å². The molecule has 140 valence electrons. The molecular formula is C21H17FN4O2. The SMILES string of the molecule is CNC(=O)c1cccc(Cn2ccc3cc(-c4cn[nH]c4F)ccc3c2=O)c1. The average Bonchev–Trinajstić information content (AvgIpc) is 3.15. The molecule has 0 saturated carbocycles. The summed E-state index contributed by atoms with van der Waals surface area (Å²) in [4.78, 5) is 24.7. The van der Waals surface area contributed by atoms with Crippen LogP contribution in [0.5, 0.6) is 0 Å². The van der Waals surface area contributed by atoms with Crippen LogP contribution in [-0.4, -0.2) is 27.7 Å². The summed E-state index contributed by atoms with van der Waals surface area (Å²) >= 11 is 0. The van der Waals surface area contributed by atoms with Gasteiger partial charge in [0.05, 0.1) is 18.3 Å². The first-order valence-electron chi connectivity index (χ1n) is 8.70. The monoisotopic (exact) mass is 376 g/mol. The number of aromatic nitrogens is 3. The maximum Gasteiger partial charge on any atom is 0.258 e. The minimum Gasteiger partial charge on any atom is -0.355 e. The van der Waals surface area contributed by atoms with Crippen LogP contribution in [0.1, 0.15) is 15.9 Å². The molecule has 0 unspecified atom stereocenters. The van der Waals surface area contributed by atoms with Crippen molar-refractivity contribution in [3.63, 3.8) is 0 Å². The van der Waals surface area contributed by atoms with E-state index in [4.69, 9.17) is 0 Å². The maximum absolute atomic E-state index is 13.7. The van der Waals surface area contributed by atoms with E-state index in [1.54, 1.807) is 54.2 Å². The van der Waals surface area contributed by atoms with E-state index >= 15 is 0 Å². The van der Waals surface area contributed by atoms with E-state index in [1.165, 1.54) is 6.20 Å². The molecule has 0 fully saturated rings. The second-order valence-electron chi connectivity index (χ2n) is 6.43. The van der Waals surface area contributed by atoms with Gasteiger partial charge in [0, 0.05) is 24.2 Å². The third-order valence-corrected chi connectivity index (χ3v) is 4.65. The Morgan fingerprint density at radius 3 is 2.82 bits per heavy atom. The van der Waals surface area contributed by atoms with E-state index in [1.807, 2.05) is 12.1 Å². The number of halogens is 1. The van der Waals surface area contributed by atoms with E-state index in [-0.39, 0.29) is 11.5 Å². The number of aromatic amines is 1. The molecule has 0 aliphatic rings. The van der Waals surface area contributed by atoms with Crippen molar-refractivity contribution in [2.75, 3.05) is 7.05 Å². The average molecular weight is 376 g/mol. The number of benzene rings is 2. The Bertz CT molecular complexity index is 1240.